The zero-order chi connectivity index (χ0) is 14.4. The number of nitrogens with two attached hydrogens (primary N) is 1. The van der Waals surface area contributed by atoms with Gasteiger partial charge in [0.25, 0.3) is 5.91 Å². The van der Waals surface area contributed by atoms with Crippen LogP contribution < -0.4 is 5.73 Å². The molecule has 0 fully saturated rings. The number of carbonyl (C=O) groups is 1. The Morgan fingerprint density at radius 2 is 2.05 bits per heavy atom. The Balaban J connectivity index is 2.38. The number of pyridine rings is 1. The molecule has 0 aliphatic rings. The molecule has 0 radical (unpaired) electrons. The number of aromatic amines is 1. The van der Waals surface area contributed by atoms with Crippen molar-refractivity contribution in [3.63, 3.8) is 0 Å². The van der Waals surface area contributed by atoms with Crippen LogP contribution in [0.4, 0.5) is 5.69 Å². The van der Waals surface area contributed by atoms with Crippen LogP contribution in [0.2, 0.25) is 0 Å². The van der Waals surface area contributed by atoms with Gasteiger partial charge in [-0.05, 0) is 30.7 Å². The standard InChI is InChI=1S/C15H16N4O/c1-8-13-10-6-9(16)4-5-11(10)18-12(13)7-17-14(8)15(20)19(2)3/h4-7,18H,16H2,1-3H3. The summed E-state index contributed by atoms with van der Waals surface area (Å²) in [7, 11) is 3.45. The number of carbonyl (C=O) groups excluding carboxylic acids is 1. The number of nitrogen functional groups attached to an aromatic ring is 1. The lowest BCUT2D eigenvalue weighted by atomic mass is 10.1. The van der Waals surface area contributed by atoms with Gasteiger partial charge in [-0.2, -0.15) is 0 Å². The second kappa shape index (κ2) is 4.23. The number of anilines is 1. The number of hydrogen-bond acceptors (Lipinski definition) is 3. The molecule has 0 aliphatic carbocycles. The molecule has 2 heterocycles. The lowest BCUT2D eigenvalue weighted by Gasteiger charge is -2.11. The predicted octanol–water partition coefficient (Wildman–Crippen LogP) is 2.31. The molecule has 3 aromatic rings. The van der Waals surface area contributed by atoms with E-state index in [2.05, 4.69) is 9.97 Å². The molecule has 5 heteroatoms. The van der Waals surface area contributed by atoms with Crippen molar-refractivity contribution >= 4 is 33.4 Å². The molecule has 1 aromatic carbocycles. The van der Waals surface area contributed by atoms with Crippen molar-refractivity contribution in [3.05, 3.63) is 35.7 Å². The maximum Gasteiger partial charge on any atom is 0.272 e. The lowest BCUT2D eigenvalue weighted by molar-refractivity contribution is 0.0821. The first-order valence-corrected chi connectivity index (χ1v) is 6.37. The van der Waals surface area contributed by atoms with E-state index in [4.69, 9.17) is 5.73 Å². The number of aryl methyl sites for hydroxylation is 1. The van der Waals surface area contributed by atoms with E-state index >= 15 is 0 Å². The van der Waals surface area contributed by atoms with E-state index in [0.717, 1.165) is 27.4 Å². The van der Waals surface area contributed by atoms with Crippen molar-refractivity contribution in [2.75, 3.05) is 19.8 Å². The zero-order valence-electron chi connectivity index (χ0n) is 11.7. The van der Waals surface area contributed by atoms with Gasteiger partial charge < -0.3 is 15.6 Å². The van der Waals surface area contributed by atoms with Gasteiger partial charge in [0.2, 0.25) is 0 Å². The fraction of sp³-hybridized carbons (Fsp3) is 0.200. The molecule has 0 bridgehead atoms. The largest absolute Gasteiger partial charge is 0.399 e. The molecule has 0 saturated heterocycles. The summed E-state index contributed by atoms with van der Waals surface area (Å²) < 4.78 is 0. The molecule has 2 aromatic heterocycles. The van der Waals surface area contributed by atoms with E-state index < -0.39 is 0 Å². The van der Waals surface area contributed by atoms with Crippen LogP contribution in [0.3, 0.4) is 0 Å². The number of H-pyrrole nitrogens is 1. The van der Waals surface area contributed by atoms with Gasteiger partial charge in [0.15, 0.2) is 0 Å². The summed E-state index contributed by atoms with van der Waals surface area (Å²) in [6.07, 6.45) is 1.70. The Morgan fingerprint density at radius 1 is 1.30 bits per heavy atom. The minimum atomic E-state index is -0.0948. The maximum atomic E-state index is 12.2. The lowest BCUT2D eigenvalue weighted by Crippen LogP contribution is -2.23. The highest BCUT2D eigenvalue weighted by atomic mass is 16.2. The fourth-order valence-electron chi connectivity index (χ4n) is 2.50. The van der Waals surface area contributed by atoms with E-state index in [1.807, 2.05) is 25.1 Å². The molecule has 0 spiro atoms. The fourth-order valence-corrected chi connectivity index (χ4v) is 2.50. The van der Waals surface area contributed by atoms with Gasteiger partial charge in [0.05, 0.1) is 11.7 Å². The minimum Gasteiger partial charge on any atom is -0.399 e. The van der Waals surface area contributed by atoms with Crippen LogP contribution in [0.5, 0.6) is 0 Å². The summed E-state index contributed by atoms with van der Waals surface area (Å²) in [5.74, 6) is -0.0948. The van der Waals surface area contributed by atoms with Crippen LogP contribution in [-0.4, -0.2) is 34.9 Å². The second-order valence-corrected chi connectivity index (χ2v) is 5.15. The molecule has 20 heavy (non-hydrogen) atoms. The molecular formula is C15H16N4O. The highest BCUT2D eigenvalue weighted by molar-refractivity contribution is 6.12. The maximum absolute atomic E-state index is 12.2. The monoisotopic (exact) mass is 268 g/mol. The number of nitrogens with zero attached hydrogens (tertiary/aromatic N) is 2. The first-order valence-electron chi connectivity index (χ1n) is 6.37. The van der Waals surface area contributed by atoms with Crippen molar-refractivity contribution < 1.29 is 4.79 Å². The molecule has 0 atom stereocenters. The topological polar surface area (TPSA) is 75.0 Å². The molecule has 3 rings (SSSR count). The number of benzene rings is 1. The molecule has 5 nitrogen and oxygen atoms in total. The number of rotatable bonds is 1. The zero-order valence-corrected chi connectivity index (χ0v) is 11.7. The minimum absolute atomic E-state index is 0.0948. The SMILES string of the molecule is Cc1c(C(=O)N(C)C)ncc2[nH]c3ccc(N)cc3c12. The van der Waals surface area contributed by atoms with Crippen LogP contribution in [0.25, 0.3) is 21.8 Å². The van der Waals surface area contributed by atoms with Gasteiger partial charge >= 0.3 is 0 Å². The summed E-state index contributed by atoms with van der Waals surface area (Å²) in [6.45, 7) is 1.92. The third kappa shape index (κ3) is 1.71. The van der Waals surface area contributed by atoms with E-state index in [0.29, 0.717) is 11.4 Å². The molecule has 0 saturated carbocycles. The number of fused-ring (bicyclic) bond motifs is 3. The van der Waals surface area contributed by atoms with Gasteiger partial charge in [-0.1, -0.05) is 0 Å². The highest BCUT2D eigenvalue weighted by Crippen LogP contribution is 2.30. The summed E-state index contributed by atoms with van der Waals surface area (Å²) in [4.78, 5) is 21.3. The van der Waals surface area contributed by atoms with E-state index in [-0.39, 0.29) is 5.91 Å². The first-order chi connectivity index (χ1) is 9.49. The Hall–Kier alpha value is -2.56. The van der Waals surface area contributed by atoms with Crippen LogP contribution in [0, 0.1) is 6.92 Å². The van der Waals surface area contributed by atoms with Crippen LogP contribution >= 0.6 is 0 Å². The second-order valence-electron chi connectivity index (χ2n) is 5.15. The van der Waals surface area contributed by atoms with E-state index in [1.165, 1.54) is 4.90 Å². The molecule has 3 N–H and O–H groups in total. The molecule has 0 aliphatic heterocycles. The van der Waals surface area contributed by atoms with E-state index in [9.17, 15) is 4.79 Å². The smallest absolute Gasteiger partial charge is 0.272 e. The quantitative estimate of drug-likeness (QED) is 0.665. The third-order valence-corrected chi connectivity index (χ3v) is 3.51. The van der Waals surface area contributed by atoms with Crippen LogP contribution in [0.15, 0.2) is 24.4 Å². The number of aromatic nitrogens is 2. The van der Waals surface area contributed by atoms with Gasteiger partial charge in [0.1, 0.15) is 5.69 Å². The van der Waals surface area contributed by atoms with Crippen LogP contribution in [0.1, 0.15) is 16.1 Å². The Morgan fingerprint density at radius 3 is 2.75 bits per heavy atom. The van der Waals surface area contributed by atoms with Crippen molar-refractivity contribution in [1.29, 1.82) is 0 Å². The Bertz CT molecular complexity index is 833. The Labute approximate surface area is 116 Å². The Kier molecular flexibility index (Phi) is 2.64. The number of nitrogens with one attached hydrogen (secondary N) is 1. The number of hydrogen-bond donors (Lipinski definition) is 2. The van der Waals surface area contributed by atoms with Crippen molar-refractivity contribution in [2.45, 2.75) is 6.92 Å². The van der Waals surface area contributed by atoms with Crippen molar-refractivity contribution in [2.24, 2.45) is 0 Å². The summed E-state index contributed by atoms with van der Waals surface area (Å²) in [5.41, 5.74) is 9.83. The molecular weight excluding hydrogens is 252 g/mol. The first kappa shape index (κ1) is 12.5. The summed E-state index contributed by atoms with van der Waals surface area (Å²) in [5, 5.41) is 2.03. The summed E-state index contributed by atoms with van der Waals surface area (Å²) >= 11 is 0. The molecule has 0 unspecified atom stereocenters. The third-order valence-electron chi connectivity index (χ3n) is 3.51. The van der Waals surface area contributed by atoms with Gasteiger partial charge in [0, 0.05) is 36.1 Å². The average molecular weight is 268 g/mol. The number of amides is 1. The molecule has 1 amide bonds. The average Bonchev–Trinajstić information content (AvgIpc) is 2.76. The van der Waals surface area contributed by atoms with Gasteiger partial charge in [-0.3, -0.25) is 4.79 Å². The summed E-state index contributed by atoms with van der Waals surface area (Å²) in [6, 6.07) is 5.72. The highest BCUT2D eigenvalue weighted by Gasteiger charge is 2.17. The molecule has 102 valence electrons. The predicted molar refractivity (Wildman–Crippen MR) is 80.8 cm³/mol. The van der Waals surface area contributed by atoms with Crippen LogP contribution in [-0.2, 0) is 0 Å². The normalized spacial score (nSPS) is 11.2. The van der Waals surface area contributed by atoms with Crippen molar-refractivity contribution in [3.8, 4) is 0 Å². The van der Waals surface area contributed by atoms with Crippen molar-refractivity contribution in [1.82, 2.24) is 14.9 Å². The van der Waals surface area contributed by atoms with Gasteiger partial charge in [-0.25, -0.2) is 4.98 Å². The van der Waals surface area contributed by atoms with Gasteiger partial charge in [-0.15, -0.1) is 0 Å². The van der Waals surface area contributed by atoms with E-state index in [1.54, 1.807) is 20.3 Å².